The lowest BCUT2D eigenvalue weighted by atomic mass is 9.78. The molecule has 1 aromatic rings. The van der Waals surface area contributed by atoms with Gasteiger partial charge in [-0.2, -0.15) is 0 Å². The minimum absolute atomic E-state index is 0.167. The van der Waals surface area contributed by atoms with E-state index in [9.17, 15) is 0 Å². The van der Waals surface area contributed by atoms with Crippen LogP contribution in [0.2, 0.25) is 0 Å². The average molecular weight is 296 g/mol. The standard InChI is InChI=1S/C17H26ClNO/c1-15-8-10-17(14-18,11-9-15)19-12-5-13-20-16-6-3-2-4-7-16/h2-4,6-7,15,19H,5,8-14H2,1H3. The Balaban J connectivity index is 1.64. The lowest BCUT2D eigenvalue weighted by molar-refractivity contribution is 0.211. The number of hydrogen-bond acceptors (Lipinski definition) is 2. The summed E-state index contributed by atoms with van der Waals surface area (Å²) in [5, 5.41) is 3.68. The van der Waals surface area contributed by atoms with Crippen molar-refractivity contribution in [3.05, 3.63) is 30.3 Å². The fourth-order valence-corrected chi connectivity index (χ4v) is 3.17. The zero-order valence-electron chi connectivity index (χ0n) is 12.4. The second-order valence-corrected chi connectivity index (χ2v) is 6.31. The van der Waals surface area contributed by atoms with Gasteiger partial charge in [0.25, 0.3) is 0 Å². The van der Waals surface area contributed by atoms with Gasteiger partial charge >= 0.3 is 0 Å². The second-order valence-electron chi connectivity index (χ2n) is 6.04. The van der Waals surface area contributed by atoms with Crippen LogP contribution in [0.4, 0.5) is 0 Å². The molecule has 2 rings (SSSR count). The van der Waals surface area contributed by atoms with Gasteiger partial charge in [0, 0.05) is 11.4 Å². The van der Waals surface area contributed by atoms with Gasteiger partial charge < -0.3 is 10.1 Å². The fourth-order valence-electron chi connectivity index (χ4n) is 2.80. The highest BCUT2D eigenvalue weighted by Gasteiger charge is 2.32. The maximum atomic E-state index is 6.20. The monoisotopic (exact) mass is 295 g/mol. The van der Waals surface area contributed by atoms with E-state index in [1.165, 1.54) is 25.7 Å². The molecule has 2 nitrogen and oxygen atoms in total. The predicted octanol–water partition coefficient (Wildman–Crippen LogP) is 4.23. The molecule has 0 unspecified atom stereocenters. The molecule has 1 aromatic carbocycles. The van der Waals surface area contributed by atoms with Crippen LogP contribution in [0, 0.1) is 5.92 Å². The van der Waals surface area contributed by atoms with Gasteiger partial charge in [-0.1, -0.05) is 25.1 Å². The number of benzene rings is 1. The van der Waals surface area contributed by atoms with Gasteiger partial charge in [0.05, 0.1) is 6.61 Å². The van der Waals surface area contributed by atoms with Crippen LogP contribution in [0.3, 0.4) is 0 Å². The molecular formula is C17H26ClNO. The molecule has 0 spiro atoms. The summed E-state index contributed by atoms with van der Waals surface area (Å²) in [4.78, 5) is 0. The number of nitrogens with one attached hydrogen (secondary N) is 1. The van der Waals surface area contributed by atoms with Crippen LogP contribution in [0.1, 0.15) is 39.0 Å². The van der Waals surface area contributed by atoms with Crippen LogP contribution in [-0.2, 0) is 0 Å². The van der Waals surface area contributed by atoms with Crippen molar-refractivity contribution in [3.63, 3.8) is 0 Å². The number of ether oxygens (including phenoxy) is 1. The van der Waals surface area contributed by atoms with E-state index in [0.717, 1.165) is 37.1 Å². The summed E-state index contributed by atoms with van der Waals surface area (Å²) in [6, 6.07) is 9.99. The van der Waals surface area contributed by atoms with Gasteiger partial charge in [-0.15, -0.1) is 11.6 Å². The Morgan fingerprint density at radius 1 is 1.25 bits per heavy atom. The van der Waals surface area contributed by atoms with E-state index in [0.29, 0.717) is 0 Å². The second kappa shape index (κ2) is 7.90. The minimum atomic E-state index is 0.167. The predicted molar refractivity (Wildman–Crippen MR) is 85.6 cm³/mol. The SMILES string of the molecule is CC1CCC(CCl)(NCCCOc2ccccc2)CC1. The molecule has 20 heavy (non-hydrogen) atoms. The highest BCUT2D eigenvalue weighted by Crippen LogP contribution is 2.32. The first-order valence-electron chi connectivity index (χ1n) is 7.73. The van der Waals surface area contributed by atoms with E-state index < -0.39 is 0 Å². The lowest BCUT2D eigenvalue weighted by Gasteiger charge is -2.39. The molecule has 0 radical (unpaired) electrons. The molecule has 0 saturated heterocycles. The average Bonchev–Trinajstić information content (AvgIpc) is 2.50. The van der Waals surface area contributed by atoms with Crippen molar-refractivity contribution in [1.29, 1.82) is 0 Å². The van der Waals surface area contributed by atoms with Gasteiger partial charge in [-0.3, -0.25) is 0 Å². The Labute approximate surface area is 127 Å². The molecule has 0 aliphatic heterocycles. The van der Waals surface area contributed by atoms with E-state index >= 15 is 0 Å². The summed E-state index contributed by atoms with van der Waals surface area (Å²) in [7, 11) is 0. The molecule has 1 aliphatic rings. The summed E-state index contributed by atoms with van der Waals surface area (Å²) >= 11 is 6.20. The zero-order chi connectivity index (χ0) is 14.3. The Hall–Kier alpha value is -0.730. The fraction of sp³-hybridized carbons (Fsp3) is 0.647. The topological polar surface area (TPSA) is 21.3 Å². The number of para-hydroxylation sites is 1. The molecule has 112 valence electrons. The zero-order valence-corrected chi connectivity index (χ0v) is 13.2. The Morgan fingerprint density at radius 3 is 2.60 bits per heavy atom. The first-order chi connectivity index (χ1) is 9.74. The van der Waals surface area contributed by atoms with Crippen LogP contribution in [0.25, 0.3) is 0 Å². The first kappa shape index (κ1) is 15.7. The molecule has 0 amide bonds. The van der Waals surface area contributed by atoms with Crippen molar-refractivity contribution < 1.29 is 4.74 Å². The third kappa shape index (κ3) is 4.68. The van der Waals surface area contributed by atoms with Crippen LogP contribution < -0.4 is 10.1 Å². The van der Waals surface area contributed by atoms with E-state index in [4.69, 9.17) is 16.3 Å². The normalized spacial score (nSPS) is 26.4. The van der Waals surface area contributed by atoms with Crippen LogP contribution in [0.15, 0.2) is 30.3 Å². The summed E-state index contributed by atoms with van der Waals surface area (Å²) in [5.41, 5.74) is 0.167. The number of rotatable bonds is 7. The largest absolute Gasteiger partial charge is 0.494 e. The maximum Gasteiger partial charge on any atom is 0.119 e. The van der Waals surface area contributed by atoms with Crippen molar-refractivity contribution in [2.75, 3.05) is 19.0 Å². The van der Waals surface area contributed by atoms with Crippen LogP contribution >= 0.6 is 11.6 Å². The first-order valence-corrected chi connectivity index (χ1v) is 8.26. The van der Waals surface area contributed by atoms with E-state index in [-0.39, 0.29) is 5.54 Å². The molecule has 0 aromatic heterocycles. The molecular weight excluding hydrogens is 270 g/mol. The van der Waals surface area contributed by atoms with Crippen molar-refractivity contribution >= 4 is 11.6 Å². The van der Waals surface area contributed by atoms with E-state index in [1.54, 1.807) is 0 Å². The molecule has 0 bridgehead atoms. The summed E-state index contributed by atoms with van der Waals surface area (Å²) < 4.78 is 5.71. The van der Waals surface area contributed by atoms with Gasteiger partial charge in [-0.25, -0.2) is 0 Å². The Morgan fingerprint density at radius 2 is 1.95 bits per heavy atom. The molecule has 1 aliphatic carbocycles. The molecule has 3 heteroatoms. The number of halogens is 1. The van der Waals surface area contributed by atoms with Crippen LogP contribution in [0.5, 0.6) is 5.75 Å². The number of alkyl halides is 1. The van der Waals surface area contributed by atoms with Crippen molar-refractivity contribution in [2.24, 2.45) is 5.92 Å². The lowest BCUT2D eigenvalue weighted by Crippen LogP contribution is -2.50. The van der Waals surface area contributed by atoms with Gasteiger partial charge in [0.15, 0.2) is 0 Å². The molecule has 0 heterocycles. The Bertz CT molecular complexity index is 374. The van der Waals surface area contributed by atoms with Crippen molar-refractivity contribution in [2.45, 2.75) is 44.6 Å². The van der Waals surface area contributed by atoms with Crippen molar-refractivity contribution in [1.82, 2.24) is 5.32 Å². The minimum Gasteiger partial charge on any atom is -0.494 e. The van der Waals surface area contributed by atoms with Gasteiger partial charge in [0.2, 0.25) is 0 Å². The summed E-state index contributed by atoms with van der Waals surface area (Å²) in [6.45, 7) is 4.07. The highest BCUT2D eigenvalue weighted by molar-refractivity contribution is 6.18. The van der Waals surface area contributed by atoms with E-state index in [2.05, 4.69) is 12.2 Å². The number of hydrogen-bond donors (Lipinski definition) is 1. The van der Waals surface area contributed by atoms with Gasteiger partial charge in [-0.05, 0) is 56.7 Å². The quantitative estimate of drug-likeness (QED) is 0.600. The van der Waals surface area contributed by atoms with Crippen LogP contribution in [-0.4, -0.2) is 24.6 Å². The smallest absolute Gasteiger partial charge is 0.119 e. The molecule has 0 atom stereocenters. The third-order valence-electron chi connectivity index (χ3n) is 4.32. The summed E-state index contributed by atoms with van der Waals surface area (Å²) in [6.07, 6.45) is 6.01. The molecule has 1 fully saturated rings. The molecule has 1 saturated carbocycles. The van der Waals surface area contributed by atoms with Crippen molar-refractivity contribution in [3.8, 4) is 5.75 Å². The third-order valence-corrected chi connectivity index (χ3v) is 4.83. The Kier molecular flexibility index (Phi) is 6.18. The van der Waals surface area contributed by atoms with E-state index in [1.807, 2.05) is 30.3 Å². The highest BCUT2D eigenvalue weighted by atomic mass is 35.5. The summed E-state index contributed by atoms with van der Waals surface area (Å²) in [5.74, 6) is 2.53. The maximum absolute atomic E-state index is 6.20. The van der Waals surface area contributed by atoms with Gasteiger partial charge in [0.1, 0.15) is 5.75 Å². The molecule has 1 N–H and O–H groups in total.